The number of aliphatic hydroxyl groups is 2. The van der Waals surface area contributed by atoms with Gasteiger partial charge in [-0.15, -0.1) is 0 Å². The van der Waals surface area contributed by atoms with Crippen LogP contribution in [0.25, 0.3) is 0 Å². The van der Waals surface area contributed by atoms with Crippen LogP contribution in [0.5, 0.6) is 0 Å². The van der Waals surface area contributed by atoms with Crippen molar-refractivity contribution < 1.29 is 10.2 Å². The molecule has 1 aromatic carbocycles. The minimum absolute atomic E-state index is 0.134. The molecular formula is C14H22O2. The van der Waals surface area contributed by atoms with Crippen molar-refractivity contribution in [1.29, 1.82) is 0 Å². The van der Waals surface area contributed by atoms with Gasteiger partial charge in [0.2, 0.25) is 0 Å². The molecule has 0 aliphatic carbocycles. The van der Waals surface area contributed by atoms with E-state index in [-0.39, 0.29) is 12.0 Å². The lowest BCUT2D eigenvalue weighted by atomic mass is 9.83. The second kappa shape index (κ2) is 5.46. The number of hydrogen-bond donors (Lipinski definition) is 2. The van der Waals surface area contributed by atoms with E-state index in [0.29, 0.717) is 6.42 Å². The molecule has 0 heterocycles. The van der Waals surface area contributed by atoms with Gasteiger partial charge in [0.15, 0.2) is 0 Å². The standard InChI is InChI=1S/C14H22O2/c1-4-12(11(2)15)10-14(3,16)13-8-6-5-7-9-13/h5-9,11-12,15-16H,4,10H2,1-3H3. The summed E-state index contributed by atoms with van der Waals surface area (Å²) in [6.45, 7) is 5.64. The Balaban J connectivity index is 2.78. The normalized spacial score (nSPS) is 18.8. The molecule has 0 bridgehead atoms. The Morgan fingerprint density at radius 2 is 1.81 bits per heavy atom. The van der Waals surface area contributed by atoms with Gasteiger partial charge in [-0.3, -0.25) is 0 Å². The van der Waals surface area contributed by atoms with Crippen LogP contribution in [0, 0.1) is 5.92 Å². The molecule has 0 aliphatic rings. The molecule has 3 unspecified atom stereocenters. The minimum atomic E-state index is -0.862. The molecular weight excluding hydrogens is 200 g/mol. The molecule has 0 amide bonds. The van der Waals surface area contributed by atoms with Crippen molar-refractivity contribution in [2.45, 2.75) is 45.3 Å². The summed E-state index contributed by atoms with van der Waals surface area (Å²) in [5, 5.41) is 20.0. The van der Waals surface area contributed by atoms with E-state index >= 15 is 0 Å². The topological polar surface area (TPSA) is 40.5 Å². The average Bonchev–Trinajstić information content (AvgIpc) is 2.27. The Morgan fingerprint density at radius 1 is 1.25 bits per heavy atom. The molecule has 2 N–H and O–H groups in total. The van der Waals surface area contributed by atoms with Gasteiger partial charge < -0.3 is 10.2 Å². The maximum Gasteiger partial charge on any atom is 0.0872 e. The molecule has 0 saturated carbocycles. The summed E-state index contributed by atoms with van der Waals surface area (Å²) in [5.41, 5.74) is 0.0490. The molecule has 0 saturated heterocycles. The van der Waals surface area contributed by atoms with E-state index in [1.165, 1.54) is 0 Å². The molecule has 0 radical (unpaired) electrons. The van der Waals surface area contributed by atoms with Crippen LogP contribution in [0.4, 0.5) is 0 Å². The Hall–Kier alpha value is -0.860. The zero-order chi connectivity index (χ0) is 12.2. The van der Waals surface area contributed by atoms with Gasteiger partial charge >= 0.3 is 0 Å². The van der Waals surface area contributed by atoms with Crippen LogP contribution in [0.1, 0.15) is 39.2 Å². The third-order valence-electron chi connectivity index (χ3n) is 3.26. The molecule has 1 aromatic rings. The molecule has 0 fully saturated rings. The third-order valence-corrected chi connectivity index (χ3v) is 3.26. The first-order chi connectivity index (χ1) is 7.47. The zero-order valence-electron chi connectivity index (χ0n) is 10.4. The Morgan fingerprint density at radius 3 is 2.25 bits per heavy atom. The first kappa shape index (κ1) is 13.2. The van der Waals surface area contributed by atoms with E-state index in [0.717, 1.165) is 12.0 Å². The molecule has 0 aliphatic heterocycles. The van der Waals surface area contributed by atoms with Crippen LogP contribution in [0.3, 0.4) is 0 Å². The monoisotopic (exact) mass is 222 g/mol. The molecule has 0 spiro atoms. The first-order valence-corrected chi connectivity index (χ1v) is 5.93. The Kier molecular flexibility index (Phi) is 4.51. The SMILES string of the molecule is CCC(CC(C)(O)c1ccccc1)C(C)O. The quantitative estimate of drug-likeness (QED) is 0.804. The molecule has 2 heteroatoms. The van der Waals surface area contributed by atoms with Crippen molar-refractivity contribution >= 4 is 0 Å². The molecule has 0 aromatic heterocycles. The summed E-state index contributed by atoms with van der Waals surface area (Å²) in [7, 11) is 0. The smallest absolute Gasteiger partial charge is 0.0872 e. The van der Waals surface area contributed by atoms with E-state index < -0.39 is 5.60 Å². The summed E-state index contributed by atoms with van der Waals surface area (Å²) in [6, 6.07) is 9.63. The maximum atomic E-state index is 10.4. The highest BCUT2D eigenvalue weighted by Gasteiger charge is 2.28. The van der Waals surface area contributed by atoms with Gasteiger partial charge in [-0.1, -0.05) is 43.7 Å². The van der Waals surface area contributed by atoms with E-state index in [2.05, 4.69) is 0 Å². The van der Waals surface area contributed by atoms with Crippen LogP contribution in [0.15, 0.2) is 30.3 Å². The summed E-state index contributed by atoms with van der Waals surface area (Å²) < 4.78 is 0. The Labute approximate surface area is 97.9 Å². The van der Waals surface area contributed by atoms with Crippen molar-refractivity contribution in [3.05, 3.63) is 35.9 Å². The van der Waals surface area contributed by atoms with E-state index in [1.54, 1.807) is 6.92 Å². The van der Waals surface area contributed by atoms with Crippen LogP contribution in [0.2, 0.25) is 0 Å². The van der Waals surface area contributed by atoms with E-state index in [4.69, 9.17) is 0 Å². The van der Waals surface area contributed by atoms with Gasteiger partial charge in [-0.2, -0.15) is 0 Å². The van der Waals surface area contributed by atoms with E-state index in [9.17, 15) is 10.2 Å². The predicted octanol–water partition coefficient (Wildman–Crippen LogP) is 2.69. The minimum Gasteiger partial charge on any atom is -0.393 e. The second-order valence-electron chi connectivity index (χ2n) is 4.75. The first-order valence-electron chi connectivity index (χ1n) is 5.93. The zero-order valence-corrected chi connectivity index (χ0v) is 10.4. The van der Waals surface area contributed by atoms with Gasteiger partial charge in [0.05, 0.1) is 11.7 Å². The fraction of sp³-hybridized carbons (Fsp3) is 0.571. The van der Waals surface area contributed by atoms with Gasteiger partial charge in [0.1, 0.15) is 0 Å². The highest BCUT2D eigenvalue weighted by molar-refractivity contribution is 5.21. The second-order valence-corrected chi connectivity index (χ2v) is 4.75. The third kappa shape index (κ3) is 3.32. The summed E-state index contributed by atoms with van der Waals surface area (Å²) >= 11 is 0. The van der Waals surface area contributed by atoms with Crippen LogP contribution in [-0.4, -0.2) is 16.3 Å². The van der Waals surface area contributed by atoms with Crippen LogP contribution < -0.4 is 0 Å². The average molecular weight is 222 g/mol. The maximum absolute atomic E-state index is 10.4. The molecule has 90 valence electrons. The van der Waals surface area contributed by atoms with Crippen LogP contribution in [-0.2, 0) is 5.60 Å². The summed E-state index contributed by atoms with van der Waals surface area (Å²) in [5.74, 6) is 0.134. The molecule has 2 nitrogen and oxygen atoms in total. The highest BCUT2D eigenvalue weighted by atomic mass is 16.3. The highest BCUT2D eigenvalue weighted by Crippen LogP contribution is 2.30. The Bertz CT molecular complexity index is 304. The number of aliphatic hydroxyl groups excluding tert-OH is 1. The lowest BCUT2D eigenvalue weighted by Gasteiger charge is -2.30. The van der Waals surface area contributed by atoms with Crippen LogP contribution >= 0.6 is 0 Å². The van der Waals surface area contributed by atoms with Crippen molar-refractivity contribution in [1.82, 2.24) is 0 Å². The number of hydrogen-bond acceptors (Lipinski definition) is 2. The lowest BCUT2D eigenvalue weighted by Crippen LogP contribution is -2.29. The lowest BCUT2D eigenvalue weighted by molar-refractivity contribution is 0.000480. The van der Waals surface area contributed by atoms with Crippen molar-refractivity contribution in [3.63, 3.8) is 0 Å². The van der Waals surface area contributed by atoms with Gasteiger partial charge in [0.25, 0.3) is 0 Å². The molecule has 16 heavy (non-hydrogen) atoms. The fourth-order valence-electron chi connectivity index (χ4n) is 2.08. The largest absolute Gasteiger partial charge is 0.393 e. The van der Waals surface area contributed by atoms with Gasteiger partial charge in [0, 0.05) is 0 Å². The van der Waals surface area contributed by atoms with Crippen molar-refractivity contribution in [2.75, 3.05) is 0 Å². The van der Waals surface area contributed by atoms with Crippen molar-refractivity contribution in [3.8, 4) is 0 Å². The summed E-state index contributed by atoms with van der Waals surface area (Å²) in [6.07, 6.45) is 1.09. The van der Waals surface area contributed by atoms with E-state index in [1.807, 2.05) is 44.2 Å². The number of benzene rings is 1. The fourth-order valence-corrected chi connectivity index (χ4v) is 2.08. The van der Waals surface area contributed by atoms with Gasteiger partial charge in [-0.25, -0.2) is 0 Å². The number of rotatable bonds is 5. The van der Waals surface area contributed by atoms with Crippen molar-refractivity contribution in [2.24, 2.45) is 5.92 Å². The summed E-state index contributed by atoms with van der Waals surface area (Å²) in [4.78, 5) is 0. The molecule has 1 rings (SSSR count). The predicted molar refractivity (Wildman–Crippen MR) is 66.1 cm³/mol. The van der Waals surface area contributed by atoms with Gasteiger partial charge in [-0.05, 0) is 31.7 Å². The molecule has 3 atom stereocenters.